The SMILES string of the molecule is O=C(Cc1cccc2occc12)NC1CCN(CCCc2ccc(Cl)c(Cl)c2)CC1. The number of hydrogen-bond donors (Lipinski definition) is 1. The van der Waals surface area contributed by atoms with Gasteiger partial charge in [-0.1, -0.05) is 41.4 Å². The van der Waals surface area contributed by atoms with E-state index in [1.54, 1.807) is 6.26 Å². The Labute approximate surface area is 187 Å². The lowest BCUT2D eigenvalue weighted by Crippen LogP contribution is -2.45. The maximum Gasteiger partial charge on any atom is 0.224 e. The average Bonchev–Trinajstić information content (AvgIpc) is 3.22. The number of nitrogens with one attached hydrogen (secondary N) is 1. The van der Waals surface area contributed by atoms with Crippen LogP contribution in [0.1, 0.15) is 30.4 Å². The molecule has 0 aliphatic carbocycles. The smallest absolute Gasteiger partial charge is 0.224 e. The van der Waals surface area contributed by atoms with E-state index in [4.69, 9.17) is 27.6 Å². The van der Waals surface area contributed by atoms with Gasteiger partial charge in [0.1, 0.15) is 5.58 Å². The van der Waals surface area contributed by atoms with Crippen LogP contribution in [-0.2, 0) is 17.6 Å². The molecule has 4 nitrogen and oxygen atoms in total. The molecule has 1 aromatic heterocycles. The second-order valence-corrected chi connectivity index (χ2v) is 8.78. The third-order valence-corrected chi connectivity index (χ3v) is 6.55. The van der Waals surface area contributed by atoms with Gasteiger partial charge in [-0.15, -0.1) is 0 Å². The molecule has 1 aliphatic rings. The van der Waals surface area contributed by atoms with Gasteiger partial charge in [0.05, 0.1) is 22.7 Å². The lowest BCUT2D eigenvalue weighted by atomic mass is 10.0. The first-order valence-corrected chi connectivity index (χ1v) is 11.2. The van der Waals surface area contributed by atoms with E-state index >= 15 is 0 Å². The van der Waals surface area contributed by atoms with Gasteiger partial charge in [0.2, 0.25) is 5.91 Å². The second kappa shape index (κ2) is 9.86. The highest BCUT2D eigenvalue weighted by molar-refractivity contribution is 6.42. The summed E-state index contributed by atoms with van der Waals surface area (Å²) in [5.41, 5.74) is 3.06. The van der Waals surface area contributed by atoms with Gasteiger partial charge in [0, 0.05) is 24.5 Å². The summed E-state index contributed by atoms with van der Waals surface area (Å²) in [5.74, 6) is 0.0850. The van der Waals surface area contributed by atoms with Gasteiger partial charge in [-0.2, -0.15) is 0 Å². The van der Waals surface area contributed by atoms with E-state index in [-0.39, 0.29) is 11.9 Å². The monoisotopic (exact) mass is 444 g/mol. The summed E-state index contributed by atoms with van der Waals surface area (Å²) in [4.78, 5) is 15.0. The minimum atomic E-state index is 0.0850. The number of benzene rings is 2. The molecule has 0 unspecified atom stereocenters. The zero-order valence-electron chi connectivity index (χ0n) is 16.9. The Hall–Kier alpha value is -2.01. The van der Waals surface area contributed by atoms with E-state index in [0.717, 1.165) is 61.9 Å². The van der Waals surface area contributed by atoms with E-state index in [1.165, 1.54) is 5.56 Å². The Balaban J connectivity index is 1.18. The summed E-state index contributed by atoms with van der Waals surface area (Å²) in [7, 11) is 0. The average molecular weight is 445 g/mol. The summed E-state index contributed by atoms with van der Waals surface area (Å²) in [6.45, 7) is 3.09. The maximum absolute atomic E-state index is 12.5. The number of hydrogen-bond acceptors (Lipinski definition) is 3. The fourth-order valence-corrected chi connectivity index (χ4v) is 4.49. The van der Waals surface area contributed by atoms with Gasteiger partial charge in [-0.3, -0.25) is 4.79 Å². The lowest BCUT2D eigenvalue weighted by Gasteiger charge is -2.32. The van der Waals surface area contributed by atoms with Crippen LogP contribution >= 0.6 is 23.2 Å². The van der Waals surface area contributed by atoms with E-state index in [9.17, 15) is 4.79 Å². The quantitative estimate of drug-likeness (QED) is 0.523. The first-order chi connectivity index (χ1) is 14.6. The summed E-state index contributed by atoms with van der Waals surface area (Å²) in [5, 5.41) is 5.46. The van der Waals surface area contributed by atoms with E-state index < -0.39 is 0 Å². The molecule has 0 saturated carbocycles. The number of likely N-dealkylation sites (tertiary alicyclic amines) is 1. The van der Waals surface area contributed by atoms with Gasteiger partial charge >= 0.3 is 0 Å². The Morgan fingerprint density at radius 1 is 1.10 bits per heavy atom. The van der Waals surface area contributed by atoms with Crippen molar-refractivity contribution in [2.24, 2.45) is 0 Å². The van der Waals surface area contributed by atoms with Crippen molar-refractivity contribution in [2.45, 2.75) is 38.1 Å². The third-order valence-electron chi connectivity index (χ3n) is 5.81. The molecule has 0 radical (unpaired) electrons. The second-order valence-electron chi connectivity index (χ2n) is 7.96. The molecule has 1 saturated heterocycles. The molecule has 30 heavy (non-hydrogen) atoms. The van der Waals surface area contributed by atoms with E-state index in [0.29, 0.717) is 16.5 Å². The minimum Gasteiger partial charge on any atom is -0.464 e. The van der Waals surface area contributed by atoms with Gasteiger partial charge < -0.3 is 14.6 Å². The molecule has 158 valence electrons. The van der Waals surface area contributed by atoms with Gasteiger partial charge in [0.15, 0.2) is 0 Å². The number of carbonyl (C=O) groups is 1. The van der Waals surface area contributed by atoms with Crippen molar-refractivity contribution in [1.82, 2.24) is 10.2 Å². The number of halogens is 2. The Morgan fingerprint density at radius 3 is 2.73 bits per heavy atom. The van der Waals surface area contributed by atoms with Crippen LogP contribution in [0.3, 0.4) is 0 Å². The lowest BCUT2D eigenvalue weighted by molar-refractivity contribution is -0.121. The van der Waals surface area contributed by atoms with Crippen LogP contribution in [0.5, 0.6) is 0 Å². The summed E-state index contributed by atoms with van der Waals surface area (Å²) >= 11 is 12.1. The predicted octanol–water partition coefficient (Wildman–Crippen LogP) is 5.50. The Kier molecular flexibility index (Phi) is 6.98. The van der Waals surface area contributed by atoms with Crippen molar-refractivity contribution in [2.75, 3.05) is 19.6 Å². The Morgan fingerprint density at radius 2 is 1.93 bits per heavy atom. The minimum absolute atomic E-state index is 0.0850. The van der Waals surface area contributed by atoms with Crippen molar-refractivity contribution < 1.29 is 9.21 Å². The zero-order chi connectivity index (χ0) is 20.9. The fourth-order valence-electron chi connectivity index (χ4n) is 4.17. The molecule has 4 rings (SSSR count). The molecule has 2 heterocycles. The van der Waals surface area contributed by atoms with Crippen LogP contribution in [0.4, 0.5) is 0 Å². The number of piperidine rings is 1. The number of fused-ring (bicyclic) bond motifs is 1. The first-order valence-electron chi connectivity index (χ1n) is 10.5. The van der Waals surface area contributed by atoms with Crippen LogP contribution in [0.2, 0.25) is 10.0 Å². The molecule has 0 spiro atoms. The third kappa shape index (κ3) is 5.37. The highest BCUT2D eigenvalue weighted by atomic mass is 35.5. The van der Waals surface area contributed by atoms with Crippen LogP contribution in [-0.4, -0.2) is 36.5 Å². The Bertz CT molecular complexity index is 1010. The van der Waals surface area contributed by atoms with Crippen molar-refractivity contribution >= 4 is 40.1 Å². The molecular weight excluding hydrogens is 419 g/mol. The van der Waals surface area contributed by atoms with Crippen molar-refractivity contribution in [3.63, 3.8) is 0 Å². The molecule has 0 atom stereocenters. The van der Waals surface area contributed by atoms with Gasteiger partial charge in [-0.05, 0) is 67.6 Å². The highest BCUT2D eigenvalue weighted by Gasteiger charge is 2.20. The van der Waals surface area contributed by atoms with E-state index in [1.807, 2.05) is 42.5 Å². The molecule has 1 amide bonds. The number of rotatable bonds is 7. The zero-order valence-corrected chi connectivity index (χ0v) is 18.4. The number of carbonyl (C=O) groups excluding carboxylic acids is 1. The molecule has 0 bridgehead atoms. The number of aryl methyl sites for hydroxylation is 1. The number of amides is 1. The molecule has 3 aromatic rings. The first kappa shape index (κ1) is 21.2. The number of nitrogens with zero attached hydrogens (tertiary/aromatic N) is 1. The highest BCUT2D eigenvalue weighted by Crippen LogP contribution is 2.23. The normalized spacial score (nSPS) is 15.5. The van der Waals surface area contributed by atoms with E-state index in [2.05, 4.69) is 10.2 Å². The summed E-state index contributed by atoms with van der Waals surface area (Å²) in [6, 6.07) is 13.9. The molecule has 6 heteroatoms. The maximum atomic E-state index is 12.5. The predicted molar refractivity (Wildman–Crippen MR) is 122 cm³/mol. The van der Waals surface area contributed by atoms with Crippen molar-refractivity contribution in [1.29, 1.82) is 0 Å². The van der Waals surface area contributed by atoms with Crippen molar-refractivity contribution in [3.8, 4) is 0 Å². The van der Waals surface area contributed by atoms with Gasteiger partial charge in [-0.25, -0.2) is 0 Å². The molecule has 1 fully saturated rings. The van der Waals surface area contributed by atoms with Crippen molar-refractivity contribution in [3.05, 3.63) is 69.9 Å². The number of furan rings is 1. The van der Waals surface area contributed by atoms with Crippen LogP contribution in [0, 0.1) is 0 Å². The summed E-state index contributed by atoms with van der Waals surface area (Å²) < 4.78 is 5.42. The molecule has 2 aromatic carbocycles. The van der Waals surface area contributed by atoms with Crippen LogP contribution in [0.25, 0.3) is 11.0 Å². The van der Waals surface area contributed by atoms with Crippen LogP contribution < -0.4 is 5.32 Å². The molecular formula is C24H26Cl2N2O2. The largest absolute Gasteiger partial charge is 0.464 e. The topological polar surface area (TPSA) is 45.5 Å². The fraction of sp³-hybridized carbons (Fsp3) is 0.375. The van der Waals surface area contributed by atoms with Crippen LogP contribution in [0.15, 0.2) is 53.1 Å². The molecule has 1 N–H and O–H groups in total. The summed E-state index contributed by atoms with van der Waals surface area (Å²) in [6.07, 6.45) is 6.13. The molecule has 1 aliphatic heterocycles. The standard InChI is InChI=1S/C24H26Cl2N2O2/c25-21-7-6-17(15-22(21)26)3-2-11-28-12-8-19(9-13-28)27-24(29)16-18-4-1-5-23-20(18)10-14-30-23/h1,4-7,10,14-15,19H,2-3,8-9,11-13,16H2,(H,27,29). The van der Waals surface area contributed by atoms with Gasteiger partial charge in [0.25, 0.3) is 0 Å².